The number of Topliss-reactive ketones (excluding diaryl/α,β-unsaturated/α-hetero) is 1. The zero-order valence-corrected chi connectivity index (χ0v) is 12.7. The summed E-state index contributed by atoms with van der Waals surface area (Å²) in [6.07, 6.45) is 0. The van der Waals surface area contributed by atoms with Crippen molar-refractivity contribution in [2.45, 2.75) is 18.7 Å². The standard InChI is InChI=1S/C12H12Br2O3/c1-3-17-12(16)8-5-4-6-9(14)10(8)11(15)7(2)13/h4-7H,3H2,1-2H3. The fourth-order valence-electron chi connectivity index (χ4n) is 1.35. The Labute approximate surface area is 117 Å². The molecule has 0 N–H and O–H groups in total. The summed E-state index contributed by atoms with van der Waals surface area (Å²) in [7, 11) is 0. The summed E-state index contributed by atoms with van der Waals surface area (Å²) in [5, 5.41) is 0. The fourth-order valence-corrected chi connectivity index (χ4v) is 2.14. The second-order valence-electron chi connectivity index (χ2n) is 3.36. The average Bonchev–Trinajstić information content (AvgIpc) is 2.28. The minimum absolute atomic E-state index is 0.152. The number of halogens is 2. The van der Waals surface area contributed by atoms with Crippen LogP contribution in [-0.2, 0) is 4.74 Å². The van der Waals surface area contributed by atoms with Gasteiger partial charge in [0, 0.05) is 10.0 Å². The molecule has 1 aromatic carbocycles. The minimum Gasteiger partial charge on any atom is -0.462 e. The summed E-state index contributed by atoms with van der Waals surface area (Å²) >= 11 is 6.50. The summed E-state index contributed by atoms with van der Waals surface area (Å²) < 4.78 is 5.52. The van der Waals surface area contributed by atoms with Gasteiger partial charge in [0.15, 0.2) is 5.78 Å². The van der Waals surface area contributed by atoms with E-state index in [1.807, 2.05) is 0 Å². The van der Waals surface area contributed by atoms with Gasteiger partial charge in [0.1, 0.15) is 0 Å². The lowest BCUT2D eigenvalue weighted by Gasteiger charge is -2.11. The molecule has 1 rings (SSSR count). The van der Waals surface area contributed by atoms with Crippen molar-refractivity contribution in [1.29, 1.82) is 0 Å². The molecule has 0 heterocycles. The van der Waals surface area contributed by atoms with Crippen LogP contribution in [0.5, 0.6) is 0 Å². The van der Waals surface area contributed by atoms with Gasteiger partial charge in [-0.05, 0) is 26.0 Å². The highest BCUT2D eigenvalue weighted by atomic mass is 79.9. The molecule has 0 saturated heterocycles. The minimum atomic E-state index is -0.481. The molecule has 0 radical (unpaired) electrons. The molecule has 0 amide bonds. The Kier molecular flexibility index (Phi) is 5.33. The van der Waals surface area contributed by atoms with Crippen molar-refractivity contribution in [3.05, 3.63) is 33.8 Å². The molecule has 17 heavy (non-hydrogen) atoms. The Hall–Kier alpha value is -0.680. The molecule has 0 aliphatic rings. The van der Waals surface area contributed by atoms with E-state index in [1.165, 1.54) is 0 Å². The van der Waals surface area contributed by atoms with Gasteiger partial charge in [-0.15, -0.1) is 0 Å². The molecule has 1 unspecified atom stereocenters. The van der Waals surface area contributed by atoms with Crippen molar-refractivity contribution in [1.82, 2.24) is 0 Å². The number of alkyl halides is 1. The maximum Gasteiger partial charge on any atom is 0.338 e. The van der Waals surface area contributed by atoms with E-state index >= 15 is 0 Å². The first-order valence-corrected chi connectivity index (χ1v) is 6.83. The van der Waals surface area contributed by atoms with Crippen molar-refractivity contribution in [2.75, 3.05) is 6.61 Å². The quantitative estimate of drug-likeness (QED) is 0.466. The maximum atomic E-state index is 12.0. The largest absolute Gasteiger partial charge is 0.462 e. The molecule has 1 atom stereocenters. The van der Waals surface area contributed by atoms with Crippen LogP contribution in [0.15, 0.2) is 22.7 Å². The molecule has 0 bridgehead atoms. The lowest BCUT2D eigenvalue weighted by molar-refractivity contribution is 0.0523. The molecule has 0 saturated carbocycles. The smallest absolute Gasteiger partial charge is 0.338 e. The molecule has 0 spiro atoms. The highest BCUT2D eigenvalue weighted by Gasteiger charge is 2.23. The van der Waals surface area contributed by atoms with Gasteiger partial charge >= 0.3 is 5.97 Å². The topological polar surface area (TPSA) is 43.4 Å². The first-order valence-electron chi connectivity index (χ1n) is 5.13. The fraction of sp³-hybridized carbons (Fsp3) is 0.333. The Morgan fingerprint density at radius 2 is 2.06 bits per heavy atom. The first kappa shape index (κ1) is 14.4. The zero-order chi connectivity index (χ0) is 13.0. The number of ketones is 1. The second kappa shape index (κ2) is 6.31. The zero-order valence-electron chi connectivity index (χ0n) is 9.50. The number of ether oxygens (including phenoxy) is 1. The third kappa shape index (κ3) is 3.39. The molecular weight excluding hydrogens is 352 g/mol. The number of carbonyl (C=O) groups is 2. The average molecular weight is 364 g/mol. The van der Waals surface area contributed by atoms with Crippen molar-refractivity contribution in [3.8, 4) is 0 Å². The predicted octanol–water partition coefficient (Wildman–Crippen LogP) is 3.59. The van der Waals surface area contributed by atoms with E-state index in [0.29, 0.717) is 10.0 Å². The molecule has 0 aliphatic heterocycles. The Morgan fingerprint density at radius 3 is 2.59 bits per heavy atom. The highest BCUT2D eigenvalue weighted by molar-refractivity contribution is 9.10. The molecule has 5 heteroatoms. The number of esters is 1. The highest BCUT2D eigenvalue weighted by Crippen LogP contribution is 2.24. The summed E-state index contributed by atoms with van der Waals surface area (Å²) in [5.41, 5.74) is 0.646. The first-order chi connectivity index (χ1) is 7.99. The van der Waals surface area contributed by atoms with Gasteiger partial charge < -0.3 is 4.74 Å². The van der Waals surface area contributed by atoms with Crippen LogP contribution in [0, 0.1) is 0 Å². The number of benzene rings is 1. The normalized spacial score (nSPS) is 12.0. The van der Waals surface area contributed by atoms with Crippen LogP contribution < -0.4 is 0 Å². The van der Waals surface area contributed by atoms with E-state index in [-0.39, 0.29) is 22.8 Å². The Balaban J connectivity index is 3.26. The molecule has 0 aromatic heterocycles. The van der Waals surface area contributed by atoms with Gasteiger partial charge in [0.05, 0.1) is 17.0 Å². The molecule has 3 nitrogen and oxygen atoms in total. The molecular formula is C12H12Br2O3. The van der Waals surface area contributed by atoms with Crippen molar-refractivity contribution in [2.24, 2.45) is 0 Å². The molecule has 92 valence electrons. The van der Waals surface area contributed by atoms with Gasteiger partial charge in [-0.2, -0.15) is 0 Å². The third-order valence-corrected chi connectivity index (χ3v) is 3.19. The van der Waals surface area contributed by atoms with Crippen LogP contribution in [0.2, 0.25) is 0 Å². The van der Waals surface area contributed by atoms with Crippen molar-refractivity contribution in [3.63, 3.8) is 0 Å². The maximum absolute atomic E-state index is 12.0. The van der Waals surface area contributed by atoms with Crippen molar-refractivity contribution < 1.29 is 14.3 Å². The lowest BCUT2D eigenvalue weighted by atomic mass is 10.0. The van der Waals surface area contributed by atoms with Crippen LogP contribution in [0.4, 0.5) is 0 Å². The van der Waals surface area contributed by atoms with E-state index in [4.69, 9.17) is 4.74 Å². The van der Waals surface area contributed by atoms with Gasteiger partial charge in [0.2, 0.25) is 0 Å². The van der Waals surface area contributed by atoms with Crippen molar-refractivity contribution >= 4 is 43.6 Å². The molecule has 0 fully saturated rings. The van der Waals surface area contributed by atoms with E-state index in [1.54, 1.807) is 32.0 Å². The summed E-state index contributed by atoms with van der Waals surface area (Å²) in [5.74, 6) is -0.633. The Morgan fingerprint density at radius 1 is 1.41 bits per heavy atom. The van der Waals surface area contributed by atoms with Gasteiger partial charge in [-0.25, -0.2) is 4.79 Å². The predicted molar refractivity (Wildman–Crippen MR) is 72.8 cm³/mol. The summed E-state index contributed by atoms with van der Waals surface area (Å²) in [4.78, 5) is 23.4. The van der Waals surface area contributed by atoms with E-state index in [0.717, 1.165) is 0 Å². The molecule has 0 aliphatic carbocycles. The number of rotatable bonds is 4. The van der Waals surface area contributed by atoms with Gasteiger partial charge in [-0.1, -0.05) is 37.9 Å². The Bertz CT molecular complexity index is 441. The third-order valence-electron chi connectivity index (χ3n) is 2.12. The van der Waals surface area contributed by atoms with Gasteiger partial charge in [0.25, 0.3) is 0 Å². The summed E-state index contributed by atoms with van der Waals surface area (Å²) in [6, 6.07) is 5.02. The number of carbonyl (C=O) groups excluding carboxylic acids is 2. The molecule has 1 aromatic rings. The van der Waals surface area contributed by atoms with Crippen LogP contribution in [0.25, 0.3) is 0 Å². The van der Waals surface area contributed by atoms with Gasteiger partial charge in [-0.3, -0.25) is 4.79 Å². The second-order valence-corrected chi connectivity index (χ2v) is 5.59. The van der Waals surface area contributed by atoms with E-state index in [9.17, 15) is 9.59 Å². The lowest BCUT2D eigenvalue weighted by Crippen LogP contribution is -2.17. The number of hydrogen-bond acceptors (Lipinski definition) is 3. The van der Waals surface area contributed by atoms with Crippen LogP contribution in [-0.4, -0.2) is 23.2 Å². The van der Waals surface area contributed by atoms with E-state index < -0.39 is 5.97 Å². The SMILES string of the molecule is CCOC(=O)c1cccc(Br)c1C(=O)C(C)Br. The summed E-state index contributed by atoms with van der Waals surface area (Å²) in [6.45, 7) is 3.73. The van der Waals surface area contributed by atoms with Crippen LogP contribution in [0.1, 0.15) is 34.6 Å². The van der Waals surface area contributed by atoms with Crippen LogP contribution in [0.3, 0.4) is 0 Å². The van der Waals surface area contributed by atoms with E-state index in [2.05, 4.69) is 31.9 Å². The monoisotopic (exact) mass is 362 g/mol. The van der Waals surface area contributed by atoms with Crippen LogP contribution >= 0.6 is 31.9 Å². The number of hydrogen-bond donors (Lipinski definition) is 0.